The Morgan fingerprint density at radius 1 is 1.38 bits per heavy atom. The van der Waals surface area contributed by atoms with Crippen LogP contribution in [0.4, 0.5) is 0 Å². The number of hydrazone groups is 1. The molecule has 1 amide bonds. The van der Waals surface area contributed by atoms with Gasteiger partial charge in [0.25, 0.3) is 0 Å². The minimum absolute atomic E-state index is 0.0594. The Kier molecular flexibility index (Phi) is 5.73. The van der Waals surface area contributed by atoms with Gasteiger partial charge in [-0.15, -0.1) is 0 Å². The van der Waals surface area contributed by atoms with Gasteiger partial charge in [-0.2, -0.15) is 5.10 Å². The smallest absolute Gasteiger partial charge is 0.244 e. The number of hydrogen-bond donors (Lipinski definition) is 2. The van der Waals surface area contributed by atoms with Crippen LogP contribution in [0.25, 0.3) is 11.0 Å². The van der Waals surface area contributed by atoms with E-state index in [0.29, 0.717) is 16.6 Å². The summed E-state index contributed by atoms with van der Waals surface area (Å²) in [5.74, 6) is -0.454. The lowest BCUT2D eigenvalue weighted by molar-refractivity contribution is -0.124. The second kappa shape index (κ2) is 8.01. The van der Waals surface area contributed by atoms with Gasteiger partial charge in [0.15, 0.2) is 0 Å². The summed E-state index contributed by atoms with van der Waals surface area (Å²) in [5, 5.41) is 13.9. The maximum absolute atomic E-state index is 12.3. The van der Waals surface area contributed by atoms with Crippen molar-refractivity contribution in [3.05, 3.63) is 57.2 Å². The first kappa shape index (κ1) is 18.6. The number of aromatic nitrogens is 2. The topological polar surface area (TPSA) is 79.5 Å². The molecule has 0 fully saturated rings. The molecule has 0 bridgehead atoms. The van der Waals surface area contributed by atoms with E-state index in [0.717, 1.165) is 15.5 Å². The number of phenolic OH excluding ortho intramolecular Hbond substituents is 1. The van der Waals surface area contributed by atoms with Crippen molar-refractivity contribution in [2.24, 2.45) is 11.0 Å². The van der Waals surface area contributed by atoms with E-state index in [1.54, 1.807) is 18.5 Å². The van der Waals surface area contributed by atoms with E-state index in [1.165, 1.54) is 6.21 Å². The molecule has 6 nitrogen and oxygen atoms in total. The van der Waals surface area contributed by atoms with Gasteiger partial charge in [0.05, 0.1) is 34.0 Å². The zero-order valence-corrected chi connectivity index (χ0v) is 17.0. The lowest BCUT2D eigenvalue weighted by Crippen LogP contribution is -2.27. The van der Waals surface area contributed by atoms with Gasteiger partial charge in [-0.25, -0.2) is 10.4 Å². The summed E-state index contributed by atoms with van der Waals surface area (Å²) in [4.78, 5) is 16.6. The Hall–Kier alpha value is -2.19. The van der Waals surface area contributed by atoms with Gasteiger partial charge < -0.3 is 9.67 Å². The lowest BCUT2D eigenvalue weighted by atomic mass is 10.1. The molecule has 0 aliphatic carbocycles. The number of nitrogens with one attached hydrogen (secondary N) is 1. The predicted octanol–water partition coefficient (Wildman–Crippen LogP) is 4.05. The molecule has 0 saturated carbocycles. The van der Waals surface area contributed by atoms with Crippen LogP contribution in [-0.4, -0.2) is 26.8 Å². The first-order valence-corrected chi connectivity index (χ1v) is 9.45. The van der Waals surface area contributed by atoms with Crippen molar-refractivity contribution in [2.45, 2.75) is 13.5 Å². The van der Waals surface area contributed by atoms with Gasteiger partial charge in [-0.3, -0.25) is 4.79 Å². The van der Waals surface area contributed by atoms with E-state index in [4.69, 9.17) is 0 Å². The first-order chi connectivity index (χ1) is 12.5. The van der Waals surface area contributed by atoms with Crippen LogP contribution >= 0.6 is 31.9 Å². The molecule has 8 heteroatoms. The largest absolute Gasteiger partial charge is 0.506 e. The van der Waals surface area contributed by atoms with E-state index >= 15 is 0 Å². The Bertz CT molecular complexity index is 984. The number of fused-ring (bicyclic) bond motifs is 1. The summed E-state index contributed by atoms with van der Waals surface area (Å²) in [6.45, 7) is 2.32. The third kappa shape index (κ3) is 4.13. The summed E-state index contributed by atoms with van der Waals surface area (Å²) in [6, 6.07) is 11.2. The molecule has 1 heterocycles. The quantitative estimate of drug-likeness (QED) is 0.428. The van der Waals surface area contributed by atoms with Gasteiger partial charge in [-0.1, -0.05) is 35.0 Å². The molecule has 2 aromatic carbocycles. The highest BCUT2D eigenvalue weighted by Gasteiger charge is 2.14. The first-order valence-electron chi connectivity index (χ1n) is 7.86. The second-order valence-electron chi connectivity index (χ2n) is 5.85. The normalized spacial score (nSPS) is 12.6. The molecular formula is C18H16Br2N4O2. The highest BCUT2D eigenvalue weighted by atomic mass is 79.9. The maximum Gasteiger partial charge on any atom is 0.244 e. The van der Waals surface area contributed by atoms with Crippen molar-refractivity contribution < 1.29 is 9.90 Å². The zero-order valence-electron chi connectivity index (χ0n) is 13.9. The number of rotatable bonds is 5. The number of benzene rings is 2. The van der Waals surface area contributed by atoms with Crippen LogP contribution in [0.15, 0.2) is 56.8 Å². The highest BCUT2D eigenvalue weighted by Crippen LogP contribution is 2.30. The van der Waals surface area contributed by atoms with Crippen LogP contribution in [0.5, 0.6) is 5.75 Å². The number of nitrogens with zero attached hydrogens (tertiary/aromatic N) is 3. The molecule has 3 aromatic rings. The lowest BCUT2D eigenvalue weighted by Gasteiger charge is -2.11. The van der Waals surface area contributed by atoms with Crippen LogP contribution in [0.1, 0.15) is 12.5 Å². The minimum atomic E-state index is -0.299. The van der Waals surface area contributed by atoms with E-state index in [1.807, 2.05) is 35.8 Å². The molecule has 1 aromatic heterocycles. The number of aromatic hydroxyl groups is 1. The molecule has 0 radical (unpaired) electrons. The monoisotopic (exact) mass is 478 g/mol. The average molecular weight is 480 g/mol. The molecule has 3 rings (SSSR count). The summed E-state index contributed by atoms with van der Waals surface area (Å²) >= 11 is 6.60. The standard InChI is InChI=1S/C18H16Br2N4O2/c1-11(9-24-10-21-15-4-2-3-5-16(15)24)18(26)23-22-8-12-6-13(19)7-14(20)17(12)25/h2-8,10-11,25H,9H2,1H3,(H,23,26)/b22-8+. The number of amides is 1. The fourth-order valence-corrected chi connectivity index (χ4v) is 3.75. The SMILES string of the molecule is CC(Cn1cnc2ccccc21)C(=O)N/N=C/c1cc(Br)cc(Br)c1O. The third-order valence-electron chi connectivity index (χ3n) is 3.88. The highest BCUT2D eigenvalue weighted by molar-refractivity contribution is 9.11. The maximum atomic E-state index is 12.3. The fraction of sp³-hybridized carbons (Fsp3) is 0.167. The van der Waals surface area contributed by atoms with Crippen LogP contribution in [0, 0.1) is 5.92 Å². The van der Waals surface area contributed by atoms with Crippen molar-refractivity contribution in [3.8, 4) is 5.75 Å². The number of halogens is 2. The summed E-state index contributed by atoms with van der Waals surface area (Å²) in [6.07, 6.45) is 3.14. The Labute approximate surface area is 167 Å². The third-order valence-corrected chi connectivity index (χ3v) is 4.94. The molecular weight excluding hydrogens is 464 g/mol. The molecule has 0 aliphatic rings. The van der Waals surface area contributed by atoms with Crippen LogP contribution < -0.4 is 5.43 Å². The van der Waals surface area contributed by atoms with E-state index in [-0.39, 0.29) is 17.6 Å². The molecule has 1 unspecified atom stereocenters. The van der Waals surface area contributed by atoms with Crippen molar-refractivity contribution in [1.29, 1.82) is 0 Å². The summed E-state index contributed by atoms with van der Waals surface area (Å²) in [5.41, 5.74) is 4.88. The van der Waals surface area contributed by atoms with Crippen molar-refractivity contribution >= 4 is 55.0 Å². The number of carbonyl (C=O) groups is 1. The summed E-state index contributed by atoms with van der Waals surface area (Å²) in [7, 11) is 0. The van der Waals surface area contributed by atoms with Gasteiger partial charge in [-0.05, 0) is 40.2 Å². The molecule has 1 atom stereocenters. The Morgan fingerprint density at radius 3 is 2.96 bits per heavy atom. The number of hydrogen-bond acceptors (Lipinski definition) is 4. The fourth-order valence-electron chi connectivity index (χ4n) is 2.49. The molecule has 0 spiro atoms. The Balaban J connectivity index is 1.65. The summed E-state index contributed by atoms with van der Waals surface area (Å²) < 4.78 is 3.27. The number of carbonyl (C=O) groups excluding carboxylic acids is 1. The van der Waals surface area contributed by atoms with Crippen molar-refractivity contribution in [3.63, 3.8) is 0 Å². The number of phenols is 1. The molecule has 134 valence electrons. The van der Waals surface area contributed by atoms with E-state index < -0.39 is 0 Å². The Morgan fingerprint density at radius 2 is 2.15 bits per heavy atom. The van der Waals surface area contributed by atoms with Crippen molar-refractivity contribution in [1.82, 2.24) is 15.0 Å². The molecule has 0 saturated heterocycles. The van der Waals surface area contributed by atoms with Crippen LogP contribution in [0.2, 0.25) is 0 Å². The van der Waals surface area contributed by atoms with Gasteiger partial charge in [0, 0.05) is 16.6 Å². The van der Waals surface area contributed by atoms with Gasteiger partial charge in [0.2, 0.25) is 5.91 Å². The number of imidazole rings is 1. The second-order valence-corrected chi connectivity index (χ2v) is 7.62. The molecule has 2 N–H and O–H groups in total. The van der Waals surface area contributed by atoms with Crippen LogP contribution in [0.3, 0.4) is 0 Å². The average Bonchev–Trinajstić information content (AvgIpc) is 3.02. The van der Waals surface area contributed by atoms with Crippen LogP contribution in [-0.2, 0) is 11.3 Å². The van der Waals surface area contributed by atoms with E-state index in [2.05, 4.69) is 47.4 Å². The minimum Gasteiger partial charge on any atom is -0.506 e. The predicted molar refractivity (Wildman–Crippen MR) is 108 cm³/mol. The number of para-hydroxylation sites is 2. The van der Waals surface area contributed by atoms with Gasteiger partial charge in [0.1, 0.15) is 5.75 Å². The van der Waals surface area contributed by atoms with Gasteiger partial charge >= 0.3 is 0 Å². The van der Waals surface area contributed by atoms with Crippen molar-refractivity contribution in [2.75, 3.05) is 0 Å². The molecule has 26 heavy (non-hydrogen) atoms. The zero-order chi connectivity index (χ0) is 18.7. The molecule has 0 aliphatic heterocycles. The van der Waals surface area contributed by atoms with E-state index in [9.17, 15) is 9.90 Å².